The SMILES string of the molecule is CN(C)[C@H](CS(C)(=O)=O)c1cnc(-c2ccc3ncnc(Nc4ccc(OCc5cccc(F)c5)c(Cl)c4)c3c2)s1. The van der Waals surface area contributed by atoms with E-state index in [0.29, 0.717) is 27.8 Å². The van der Waals surface area contributed by atoms with Gasteiger partial charge in [0.25, 0.3) is 0 Å². The molecule has 0 aliphatic heterocycles. The molecule has 0 radical (unpaired) electrons. The molecule has 12 heteroatoms. The minimum atomic E-state index is -3.18. The number of ether oxygens (including phenoxy) is 1. The Kier molecular flexibility index (Phi) is 8.50. The summed E-state index contributed by atoms with van der Waals surface area (Å²) in [6.45, 7) is 0.186. The van der Waals surface area contributed by atoms with Gasteiger partial charge < -0.3 is 15.0 Å². The van der Waals surface area contributed by atoms with Crippen LogP contribution in [0.15, 0.2) is 73.2 Å². The Morgan fingerprint density at radius 3 is 2.63 bits per heavy atom. The third-order valence-electron chi connectivity index (χ3n) is 6.30. The highest BCUT2D eigenvalue weighted by Crippen LogP contribution is 2.35. The number of nitrogens with zero attached hydrogens (tertiary/aromatic N) is 4. The van der Waals surface area contributed by atoms with Gasteiger partial charge in [-0.3, -0.25) is 0 Å². The molecule has 1 N–H and O–H groups in total. The van der Waals surface area contributed by atoms with Crippen LogP contribution in [-0.2, 0) is 16.4 Å². The van der Waals surface area contributed by atoms with Crippen LogP contribution < -0.4 is 10.1 Å². The van der Waals surface area contributed by atoms with E-state index in [1.165, 1.54) is 36.1 Å². The lowest BCUT2D eigenvalue weighted by molar-refractivity contribution is 0.306. The van der Waals surface area contributed by atoms with Crippen LogP contribution in [0.25, 0.3) is 21.5 Å². The second-order valence-electron chi connectivity index (χ2n) is 9.78. The fraction of sp³-hybridized carbons (Fsp3) is 0.207. The lowest BCUT2D eigenvalue weighted by Crippen LogP contribution is -2.26. The summed E-state index contributed by atoms with van der Waals surface area (Å²) in [5.74, 6) is 0.750. The third kappa shape index (κ3) is 7.17. The maximum absolute atomic E-state index is 13.5. The number of aromatic nitrogens is 3. The molecule has 0 fully saturated rings. The first-order valence-electron chi connectivity index (χ1n) is 12.5. The van der Waals surface area contributed by atoms with Crippen molar-refractivity contribution in [2.24, 2.45) is 0 Å². The molecule has 0 amide bonds. The van der Waals surface area contributed by atoms with Crippen molar-refractivity contribution in [3.63, 3.8) is 0 Å². The number of benzene rings is 3. The quantitative estimate of drug-likeness (QED) is 0.191. The van der Waals surface area contributed by atoms with E-state index in [-0.39, 0.29) is 24.2 Å². The van der Waals surface area contributed by atoms with Crippen molar-refractivity contribution < 1.29 is 17.5 Å². The molecule has 5 aromatic rings. The van der Waals surface area contributed by atoms with E-state index in [1.54, 1.807) is 30.5 Å². The van der Waals surface area contributed by atoms with Gasteiger partial charge in [0.2, 0.25) is 0 Å². The van der Waals surface area contributed by atoms with Crippen LogP contribution in [0.5, 0.6) is 5.75 Å². The fourth-order valence-electron chi connectivity index (χ4n) is 4.26. The number of sulfone groups is 1. The molecule has 0 aliphatic carbocycles. The average molecular weight is 612 g/mol. The molecule has 8 nitrogen and oxygen atoms in total. The maximum atomic E-state index is 13.5. The molecular weight excluding hydrogens is 585 g/mol. The lowest BCUT2D eigenvalue weighted by atomic mass is 10.1. The van der Waals surface area contributed by atoms with Gasteiger partial charge in [0.05, 0.1) is 22.3 Å². The molecule has 0 spiro atoms. The maximum Gasteiger partial charge on any atom is 0.149 e. The molecule has 1 atom stereocenters. The summed E-state index contributed by atoms with van der Waals surface area (Å²) in [6, 6.07) is 17.0. The summed E-state index contributed by atoms with van der Waals surface area (Å²) in [6.07, 6.45) is 4.46. The van der Waals surface area contributed by atoms with Gasteiger partial charge in [-0.15, -0.1) is 11.3 Å². The average Bonchev–Trinajstić information content (AvgIpc) is 3.41. The standard InChI is InChI=1S/C29H27ClFN5O3S2/c1-36(2)25(16-41(3,37)38)27-14-32-29(40-27)19-7-9-24-22(12-19)28(34-17-33-24)35-21-8-10-26(23(30)13-21)39-15-18-5-4-6-20(31)11-18/h4-14,17,25H,15-16H2,1-3H3,(H,33,34,35)/t25-/m1/s1. The smallest absolute Gasteiger partial charge is 0.149 e. The minimum absolute atomic E-state index is 0.0124. The highest BCUT2D eigenvalue weighted by Gasteiger charge is 2.22. The Labute approximate surface area is 246 Å². The molecule has 3 aromatic carbocycles. The third-order valence-corrected chi connectivity index (χ3v) is 8.66. The monoisotopic (exact) mass is 611 g/mol. The Hall–Kier alpha value is -3.64. The number of fused-ring (bicyclic) bond motifs is 1. The van der Waals surface area contributed by atoms with Gasteiger partial charge in [0.15, 0.2) is 0 Å². The molecule has 2 heterocycles. The molecule has 212 valence electrons. The van der Waals surface area contributed by atoms with E-state index in [9.17, 15) is 12.8 Å². The van der Waals surface area contributed by atoms with Crippen molar-refractivity contribution in [1.29, 1.82) is 0 Å². The molecule has 0 saturated carbocycles. The highest BCUT2D eigenvalue weighted by molar-refractivity contribution is 7.90. The number of hydrogen-bond donors (Lipinski definition) is 1. The van der Waals surface area contributed by atoms with Gasteiger partial charge in [-0.25, -0.2) is 27.8 Å². The predicted octanol–water partition coefficient (Wildman–Crippen LogP) is 6.52. The number of anilines is 2. The number of halogens is 2. The van der Waals surface area contributed by atoms with Gasteiger partial charge in [-0.05, 0) is 68.2 Å². The van der Waals surface area contributed by atoms with Crippen molar-refractivity contribution in [2.45, 2.75) is 12.6 Å². The van der Waals surface area contributed by atoms with Gasteiger partial charge >= 0.3 is 0 Å². The Balaban J connectivity index is 1.37. The topological polar surface area (TPSA) is 97.3 Å². The van der Waals surface area contributed by atoms with Crippen molar-refractivity contribution in [1.82, 2.24) is 19.9 Å². The second-order valence-corrected chi connectivity index (χ2v) is 13.4. The summed E-state index contributed by atoms with van der Waals surface area (Å²) in [4.78, 5) is 16.2. The molecule has 0 saturated heterocycles. The molecule has 0 bridgehead atoms. The van der Waals surface area contributed by atoms with Crippen molar-refractivity contribution in [3.8, 4) is 16.3 Å². The van der Waals surface area contributed by atoms with Crippen molar-refractivity contribution in [2.75, 3.05) is 31.4 Å². The molecule has 0 aliphatic rings. The molecule has 0 unspecified atom stereocenters. The van der Waals surface area contributed by atoms with Crippen LogP contribution in [0, 0.1) is 5.82 Å². The van der Waals surface area contributed by atoms with E-state index in [1.807, 2.05) is 43.3 Å². The minimum Gasteiger partial charge on any atom is -0.487 e. The van der Waals surface area contributed by atoms with Crippen LogP contribution >= 0.6 is 22.9 Å². The summed E-state index contributed by atoms with van der Waals surface area (Å²) in [7, 11) is 0.536. The number of nitrogens with one attached hydrogen (secondary N) is 1. The summed E-state index contributed by atoms with van der Waals surface area (Å²) < 4.78 is 43.2. The van der Waals surface area contributed by atoms with Crippen molar-refractivity contribution in [3.05, 3.63) is 94.5 Å². The zero-order valence-corrected chi connectivity index (χ0v) is 24.9. The van der Waals surface area contributed by atoms with Gasteiger partial charge in [0, 0.05) is 34.0 Å². The normalized spacial score (nSPS) is 12.5. The van der Waals surface area contributed by atoms with Gasteiger partial charge in [-0.1, -0.05) is 23.7 Å². The summed E-state index contributed by atoms with van der Waals surface area (Å²) in [5.41, 5.74) is 3.01. The predicted molar refractivity (Wildman–Crippen MR) is 162 cm³/mol. The van der Waals surface area contributed by atoms with E-state index in [2.05, 4.69) is 20.3 Å². The zero-order chi connectivity index (χ0) is 29.1. The molecular formula is C29H27ClFN5O3S2. The van der Waals surface area contributed by atoms with E-state index in [4.69, 9.17) is 16.3 Å². The Morgan fingerprint density at radius 2 is 1.90 bits per heavy atom. The highest BCUT2D eigenvalue weighted by atomic mass is 35.5. The summed E-state index contributed by atoms with van der Waals surface area (Å²) >= 11 is 7.95. The fourth-order valence-corrected chi connectivity index (χ4v) is 6.76. The van der Waals surface area contributed by atoms with E-state index >= 15 is 0 Å². The van der Waals surface area contributed by atoms with Crippen molar-refractivity contribution >= 4 is 55.2 Å². The number of rotatable bonds is 10. The summed E-state index contributed by atoms with van der Waals surface area (Å²) in [5, 5.41) is 5.25. The number of hydrogen-bond acceptors (Lipinski definition) is 9. The van der Waals surface area contributed by atoms with Crippen LogP contribution in [0.4, 0.5) is 15.9 Å². The van der Waals surface area contributed by atoms with Crippen LogP contribution in [0.1, 0.15) is 16.5 Å². The zero-order valence-electron chi connectivity index (χ0n) is 22.5. The Bertz CT molecular complexity index is 1810. The van der Waals surface area contributed by atoms with Gasteiger partial charge in [-0.2, -0.15) is 0 Å². The molecule has 2 aromatic heterocycles. The lowest BCUT2D eigenvalue weighted by Gasteiger charge is -2.21. The van der Waals surface area contributed by atoms with Crippen LogP contribution in [0.3, 0.4) is 0 Å². The second kappa shape index (κ2) is 12.1. The Morgan fingerprint density at radius 1 is 1.07 bits per heavy atom. The van der Waals surface area contributed by atoms with E-state index < -0.39 is 9.84 Å². The number of thiazole rings is 1. The first kappa shape index (κ1) is 28.9. The van der Waals surface area contributed by atoms with Crippen LogP contribution in [-0.4, -0.2) is 54.4 Å². The van der Waals surface area contributed by atoms with Crippen LogP contribution in [0.2, 0.25) is 5.02 Å². The first-order valence-corrected chi connectivity index (χ1v) is 15.8. The molecule has 5 rings (SSSR count). The molecule has 41 heavy (non-hydrogen) atoms. The van der Waals surface area contributed by atoms with E-state index in [0.717, 1.165) is 26.4 Å². The van der Waals surface area contributed by atoms with Gasteiger partial charge in [0.1, 0.15) is 45.2 Å². The first-order chi connectivity index (χ1) is 19.6. The largest absolute Gasteiger partial charge is 0.487 e.